The maximum Gasteiger partial charge on any atom is 0.251 e. The molecule has 2 aliphatic rings. The normalized spacial score (nSPS) is 23.9. The van der Waals surface area contributed by atoms with Crippen LogP contribution in [0.25, 0.3) is 0 Å². The number of rotatable bonds is 5. The summed E-state index contributed by atoms with van der Waals surface area (Å²) in [4.78, 5) is 22.4. The Hall–Kier alpha value is -1.55. The van der Waals surface area contributed by atoms with Crippen LogP contribution in [-0.2, 0) is 20.7 Å². The number of carbonyl (C=O) groups excluding carboxylic acids is 1. The lowest BCUT2D eigenvalue weighted by atomic mass is 10.1. The van der Waals surface area contributed by atoms with E-state index in [1.165, 1.54) is 17.2 Å². The Morgan fingerprint density at radius 3 is 2.29 bits per heavy atom. The topological polar surface area (TPSA) is 76.2 Å². The summed E-state index contributed by atoms with van der Waals surface area (Å²) in [5.74, 6) is -1.19. The summed E-state index contributed by atoms with van der Waals surface area (Å²) in [6, 6.07) is 6.27. The summed E-state index contributed by atoms with van der Waals surface area (Å²) in [5, 5.41) is 0.440. The van der Waals surface area contributed by atoms with Crippen molar-refractivity contribution in [1.29, 1.82) is 0 Å². The summed E-state index contributed by atoms with van der Waals surface area (Å²) < 4.78 is 37.1. The third-order valence-electron chi connectivity index (χ3n) is 5.00. The van der Waals surface area contributed by atoms with Gasteiger partial charge >= 0.3 is 0 Å². The first-order chi connectivity index (χ1) is 13.2. The molecule has 3 atom stereocenters. The number of benzene rings is 1. The first-order valence-electron chi connectivity index (χ1n) is 9.49. The Kier molecular flexibility index (Phi) is 6.38. The standard InChI is InChI=1S/C19H28FN3O4S/c1-19(2,3)27-23-9-8-16(17(23)24)18(28(25)26)22-12-10-21(11-13-22)15-6-4-14(20)5-7-15/h4-7,16,18H,8-13H2,1-3H3,(H,25,26)/p-1. The Balaban J connectivity index is 1.65. The zero-order chi connectivity index (χ0) is 20.5. The zero-order valence-electron chi connectivity index (χ0n) is 16.5. The molecule has 0 saturated carbocycles. The lowest BCUT2D eigenvalue weighted by Crippen LogP contribution is -2.55. The molecule has 2 fully saturated rings. The third-order valence-corrected chi connectivity index (χ3v) is 6.02. The van der Waals surface area contributed by atoms with Gasteiger partial charge in [0.05, 0.1) is 16.9 Å². The van der Waals surface area contributed by atoms with E-state index in [-0.39, 0.29) is 11.7 Å². The predicted molar refractivity (Wildman–Crippen MR) is 104 cm³/mol. The van der Waals surface area contributed by atoms with E-state index < -0.39 is 28.0 Å². The van der Waals surface area contributed by atoms with Crippen LogP contribution in [0.15, 0.2) is 24.3 Å². The Labute approximate surface area is 167 Å². The SMILES string of the molecule is CC(C)(C)ON1CCC(C(N2CCN(c3ccc(F)cc3)CC2)S(=O)[O-])C1=O. The minimum atomic E-state index is -2.40. The van der Waals surface area contributed by atoms with Crippen LogP contribution in [0.3, 0.4) is 0 Å². The predicted octanol–water partition coefficient (Wildman–Crippen LogP) is 1.73. The van der Waals surface area contributed by atoms with Gasteiger partial charge in [0.2, 0.25) is 0 Å². The molecule has 0 spiro atoms. The van der Waals surface area contributed by atoms with E-state index in [2.05, 4.69) is 4.90 Å². The number of hydrogen-bond acceptors (Lipinski definition) is 6. The van der Waals surface area contributed by atoms with E-state index >= 15 is 0 Å². The maximum absolute atomic E-state index is 13.1. The van der Waals surface area contributed by atoms with Gasteiger partial charge in [-0.3, -0.25) is 18.7 Å². The van der Waals surface area contributed by atoms with Crippen LogP contribution in [0.2, 0.25) is 0 Å². The highest BCUT2D eigenvalue weighted by atomic mass is 32.2. The van der Waals surface area contributed by atoms with Crippen LogP contribution >= 0.6 is 0 Å². The van der Waals surface area contributed by atoms with Crippen LogP contribution in [0.1, 0.15) is 27.2 Å². The summed E-state index contributed by atoms with van der Waals surface area (Å²) in [6.45, 7) is 8.21. The molecule has 3 unspecified atom stereocenters. The van der Waals surface area contributed by atoms with Crippen molar-refractivity contribution in [2.75, 3.05) is 37.6 Å². The van der Waals surface area contributed by atoms with Crippen molar-refractivity contribution in [3.8, 4) is 0 Å². The molecule has 2 saturated heterocycles. The molecule has 0 aliphatic carbocycles. The fraction of sp³-hybridized carbons (Fsp3) is 0.632. The highest BCUT2D eigenvalue weighted by Gasteiger charge is 2.43. The number of amides is 1. The van der Waals surface area contributed by atoms with Crippen molar-refractivity contribution in [3.63, 3.8) is 0 Å². The van der Waals surface area contributed by atoms with Gasteiger partial charge in [0.15, 0.2) is 0 Å². The maximum atomic E-state index is 13.1. The fourth-order valence-corrected chi connectivity index (χ4v) is 4.73. The number of piperazine rings is 1. The molecule has 9 heteroatoms. The quantitative estimate of drug-likeness (QED) is 0.686. The molecule has 3 rings (SSSR count). The van der Waals surface area contributed by atoms with Gasteiger partial charge in [-0.15, -0.1) is 0 Å². The first-order valence-corrected chi connectivity index (χ1v) is 10.6. The van der Waals surface area contributed by atoms with E-state index in [9.17, 15) is 17.9 Å². The molecule has 2 heterocycles. The highest BCUT2D eigenvalue weighted by Crippen LogP contribution is 2.29. The zero-order valence-corrected chi connectivity index (χ0v) is 17.3. The molecule has 1 aromatic carbocycles. The lowest BCUT2D eigenvalue weighted by molar-refractivity contribution is -0.219. The van der Waals surface area contributed by atoms with Gasteiger partial charge in [-0.1, -0.05) is 0 Å². The smallest absolute Gasteiger partial charge is 0.251 e. The van der Waals surface area contributed by atoms with Crippen molar-refractivity contribution < 1.29 is 22.8 Å². The molecular weight excluding hydrogens is 385 g/mol. The van der Waals surface area contributed by atoms with Crippen molar-refractivity contribution in [3.05, 3.63) is 30.1 Å². The van der Waals surface area contributed by atoms with E-state index in [1.807, 2.05) is 25.7 Å². The van der Waals surface area contributed by atoms with Crippen molar-refractivity contribution in [2.45, 2.75) is 38.2 Å². The number of nitrogens with zero attached hydrogens (tertiary/aromatic N) is 3. The molecule has 1 aromatic rings. The van der Waals surface area contributed by atoms with Crippen LogP contribution in [0, 0.1) is 11.7 Å². The second-order valence-corrected chi connectivity index (χ2v) is 9.19. The van der Waals surface area contributed by atoms with E-state index in [0.717, 1.165) is 5.69 Å². The van der Waals surface area contributed by atoms with Gasteiger partial charge in [0.1, 0.15) is 5.82 Å². The largest absolute Gasteiger partial charge is 0.771 e. The van der Waals surface area contributed by atoms with E-state index in [0.29, 0.717) is 39.1 Å². The summed E-state index contributed by atoms with van der Waals surface area (Å²) >= 11 is -2.40. The van der Waals surface area contributed by atoms with Crippen LogP contribution in [0.5, 0.6) is 0 Å². The minimum Gasteiger partial charge on any atom is -0.771 e. The molecule has 0 aromatic heterocycles. The molecule has 0 radical (unpaired) electrons. The second-order valence-electron chi connectivity index (χ2n) is 8.19. The molecule has 7 nitrogen and oxygen atoms in total. The van der Waals surface area contributed by atoms with E-state index in [4.69, 9.17) is 4.84 Å². The Morgan fingerprint density at radius 1 is 1.14 bits per heavy atom. The molecule has 2 aliphatic heterocycles. The molecule has 28 heavy (non-hydrogen) atoms. The highest BCUT2D eigenvalue weighted by molar-refractivity contribution is 7.79. The van der Waals surface area contributed by atoms with Crippen LogP contribution < -0.4 is 4.90 Å². The summed E-state index contributed by atoms with van der Waals surface area (Å²) in [6.07, 6.45) is 0.450. The summed E-state index contributed by atoms with van der Waals surface area (Å²) in [5.41, 5.74) is 0.389. The van der Waals surface area contributed by atoms with Crippen LogP contribution in [-0.4, -0.2) is 68.3 Å². The van der Waals surface area contributed by atoms with Crippen LogP contribution in [0.4, 0.5) is 10.1 Å². The lowest BCUT2D eigenvalue weighted by Gasteiger charge is -2.42. The molecular formula is C19H27FN3O4S-. The Morgan fingerprint density at radius 2 is 1.75 bits per heavy atom. The fourth-order valence-electron chi connectivity index (χ4n) is 3.76. The molecule has 156 valence electrons. The summed E-state index contributed by atoms with van der Waals surface area (Å²) in [7, 11) is 0. The van der Waals surface area contributed by atoms with Crippen molar-refractivity contribution in [2.24, 2.45) is 5.92 Å². The number of anilines is 1. The number of carbonyl (C=O) groups is 1. The average Bonchev–Trinajstić information content (AvgIpc) is 2.95. The first kappa shape index (κ1) is 21.2. The number of hydrogen-bond donors (Lipinski definition) is 0. The number of halogens is 1. The van der Waals surface area contributed by atoms with Gasteiger partial charge in [-0.25, -0.2) is 9.45 Å². The van der Waals surface area contributed by atoms with Gasteiger partial charge in [-0.05, 0) is 62.5 Å². The number of hydroxylamine groups is 2. The van der Waals surface area contributed by atoms with Gasteiger partial charge in [0.25, 0.3) is 5.91 Å². The Bertz CT molecular complexity index is 717. The molecule has 0 N–H and O–H groups in total. The van der Waals surface area contributed by atoms with Gasteiger partial charge < -0.3 is 9.45 Å². The van der Waals surface area contributed by atoms with Crippen molar-refractivity contribution >= 4 is 22.7 Å². The molecule has 0 bridgehead atoms. The average molecular weight is 413 g/mol. The molecule has 1 amide bonds. The third kappa shape index (κ3) is 4.89. The monoisotopic (exact) mass is 412 g/mol. The second kappa shape index (κ2) is 8.44. The van der Waals surface area contributed by atoms with Crippen molar-refractivity contribution in [1.82, 2.24) is 9.96 Å². The van der Waals surface area contributed by atoms with Gasteiger partial charge in [-0.2, -0.15) is 0 Å². The minimum absolute atomic E-state index is 0.273. The van der Waals surface area contributed by atoms with E-state index in [1.54, 1.807) is 12.1 Å². The van der Waals surface area contributed by atoms with Gasteiger partial charge in [0, 0.05) is 38.4 Å².